The van der Waals surface area contributed by atoms with E-state index < -0.39 is 0 Å². The third-order valence-electron chi connectivity index (χ3n) is 3.98. The Bertz CT molecular complexity index is 836. The number of hydrogen-bond acceptors (Lipinski definition) is 5. The first-order valence-electron chi connectivity index (χ1n) is 7.87. The zero-order chi connectivity index (χ0) is 16.4. The minimum atomic E-state index is -0.110. The Hall–Kier alpha value is -2.51. The lowest BCUT2D eigenvalue weighted by Gasteiger charge is -2.09. The van der Waals surface area contributed by atoms with E-state index in [0.717, 1.165) is 35.8 Å². The van der Waals surface area contributed by atoms with Crippen molar-refractivity contribution in [1.29, 1.82) is 0 Å². The smallest absolute Gasteiger partial charge is 0.271 e. The number of nitrogens with one attached hydrogen (secondary N) is 2. The van der Waals surface area contributed by atoms with Crippen LogP contribution in [0.25, 0.3) is 16.3 Å². The molecule has 1 unspecified atom stereocenters. The summed E-state index contributed by atoms with van der Waals surface area (Å²) in [5, 5.41) is 13.2. The topological polar surface area (TPSA) is 71.8 Å². The third kappa shape index (κ3) is 3.08. The minimum absolute atomic E-state index is 0.110. The molecule has 1 saturated heterocycles. The maximum atomic E-state index is 12.3. The molecule has 2 aromatic heterocycles. The van der Waals surface area contributed by atoms with Crippen LogP contribution >= 0.6 is 11.3 Å². The van der Waals surface area contributed by atoms with Crippen molar-refractivity contribution in [3.63, 3.8) is 0 Å². The van der Waals surface area contributed by atoms with E-state index in [4.69, 9.17) is 0 Å². The highest BCUT2D eigenvalue weighted by molar-refractivity contribution is 7.13. The fraction of sp³-hybridized carbons (Fsp3) is 0.235. The number of aromatic nitrogens is 3. The van der Waals surface area contributed by atoms with Crippen LogP contribution in [0, 0.1) is 0 Å². The molecule has 122 valence electrons. The summed E-state index contributed by atoms with van der Waals surface area (Å²) in [6.07, 6.45) is 4.66. The zero-order valence-corrected chi connectivity index (χ0v) is 13.8. The molecule has 2 N–H and O–H groups in total. The Kier molecular flexibility index (Phi) is 4.10. The Labute approximate surface area is 143 Å². The number of carbonyl (C=O) groups is 1. The van der Waals surface area contributed by atoms with Gasteiger partial charge in [-0.25, -0.2) is 9.67 Å². The molecule has 1 aromatic carbocycles. The molecule has 0 bridgehead atoms. The predicted octanol–water partition coefficient (Wildman–Crippen LogP) is 2.09. The first kappa shape index (κ1) is 15.0. The maximum absolute atomic E-state index is 12.3. The van der Waals surface area contributed by atoms with Crippen molar-refractivity contribution in [2.24, 2.45) is 0 Å². The largest absolute Gasteiger partial charge is 0.347 e. The summed E-state index contributed by atoms with van der Waals surface area (Å²) in [6.45, 7) is 1.78. The summed E-state index contributed by atoms with van der Waals surface area (Å²) in [5.41, 5.74) is 2.37. The molecule has 3 heterocycles. The molecule has 1 aliphatic rings. The summed E-state index contributed by atoms with van der Waals surface area (Å²) in [4.78, 5) is 16.7. The lowest BCUT2D eigenvalue weighted by atomic mass is 10.2. The number of amides is 1. The van der Waals surface area contributed by atoms with Crippen molar-refractivity contribution >= 4 is 17.2 Å². The van der Waals surface area contributed by atoms with Crippen LogP contribution < -0.4 is 10.6 Å². The van der Waals surface area contributed by atoms with Crippen molar-refractivity contribution < 1.29 is 4.79 Å². The van der Waals surface area contributed by atoms with E-state index in [1.54, 1.807) is 16.3 Å². The first-order chi connectivity index (χ1) is 11.8. The second kappa shape index (κ2) is 6.54. The molecule has 1 amide bonds. The summed E-state index contributed by atoms with van der Waals surface area (Å²) >= 11 is 1.46. The van der Waals surface area contributed by atoms with Gasteiger partial charge in [0.25, 0.3) is 5.91 Å². The monoisotopic (exact) mass is 339 g/mol. The number of para-hydroxylation sites is 1. The molecular weight excluding hydrogens is 322 g/mol. The average molecular weight is 339 g/mol. The van der Waals surface area contributed by atoms with Crippen LogP contribution in [0.2, 0.25) is 0 Å². The van der Waals surface area contributed by atoms with Gasteiger partial charge in [-0.05, 0) is 25.1 Å². The second-order valence-corrected chi connectivity index (χ2v) is 6.57. The van der Waals surface area contributed by atoms with Crippen LogP contribution in [0.5, 0.6) is 0 Å². The minimum Gasteiger partial charge on any atom is -0.347 e. The fourth-order valence-corrected chi connectivity index (χ4v) is 3.48. The Morgan fingerprint density at radius 2 is 2.21 bits per heavy atom. The number of nitrogens with zero attached hydrogens (tertiary/aromatic N) is 3. The van der Waals surface area contributed by atoms with Gasteiger partial charge in [-0.1, -0.05) is 18.2 Å². The van der Waals surface area contributed by atoms with Crippen molar-refractivity contribution in [3.05, 3.63) is 53.8 Å². The number of rotatable bonds is 4. The molecule has 7 heteroatoms. The van der Waals surface area contributed by atoms with Crippen LogP contribution in [-0.2, 0) is 0 Å². The molecule has 0 aliphatic carbocycles. The maximum Gasteiger partial charge on any atom is 0.271 e. The van der Waals surface area contributed by atoms with Gasteiger partial charge in [0.1, 0.15) is 10.7 Å². The van der Waals surface area contributed by atoms with Gasteiger partial charge in [0.05, 0.1) is 11.9 Å². The Morgan fingerprint density at radius 1 is 1.33 bits per heavy atom. The van der Waals surface area contributed by atoms with E-state index in [9.17, 15) is 4.79 Å². The van der Waals surface area contributed by atoms with Gasteiger partial charge in [0.15, 0.2) is 0 Å². The SMILES string of the molecule is O=C(NC1CCNC1)c1csc(-c2cnn(-c3ccccc3)c2)n1. The van der Waals surface area contributed by atoms with Crippen LogP contribution in [0.15, 0.2) is 48.1 Å². The number of benzene rings is 1. The molecule has 1 atom stereocenters. The highest BCUT2D eigenvalue weighted by Gasteiger charge is 2.19. The first-order valence-corrected chi connectivity index (χ1v) is 8.75. The van der Waals surface area contributed by atoms with Gasteiger partial charge in [-0.3, -0.25) is 4.79 Å². The fourth-order valence-electron chi connectivity index (χ4n) is 2.70. The average Bonchev–Trinajstić information content (AvgIpc) is 3.36. The molecule has 1 aliphatic heterocycles. The standard InChI is InChI=1S/C17H17N5OS/c23-16(20-13-6-7-18-9-13)15-11-24-17(21-15)12-8-19-22(10-12)14-4-2-1-3-5-14/h1-5,8,10-11,13,18H,6-7,9H2,(H,20,23). The molecule has 0 saturated carbocycles. The van der Waals surface area contributed by atoms with E-state index in [-0.39, 0.29) is 11.9 Å². The highest BCUT2D eigenvalue weighted by Crippen LogP contribution is 2.24. The molecule has 0 spiro atoms. The van der Waals surface area contributed by atoms with Gasteiger partial charge in [-0.15, -0.1) is 11.3 Å². The Balaban J connectivity index is 1.50. The highest BCUT2D eigenvalue weighted by atomic mass is 32.1. The van der Waals surface area contributed by atoms with Gasteiger partial charge in [0.2, 0.25) is 0 Å². The summed E-state index contributed by atoms with van der Waals surface area (Å²) in [7, 11) is 0. The van der Waals surface area contributed by atoms with Crippen LogP contribution in [0.3, 0.4) is 0 Å². The summed E-state index contributed by atoms with van der Waals surface area (Å²) < 4.78 is 1.81. The normalized spacial score (nSPS) is 17.1. The Morgan fingerprint density at radius 3 is 3.00 bits per heavy atom. The molecular formula is C17H17N5OS. The quantitative estimate of drug-likeness (QED) is 0.763. The van der Waals surface area contributed by atoms with E-state index in [1.165, 1.54) is 11.3 Å². The van der Waals surface area contributed by atoms with Crippen LogP contribution in [-0.4, -0.2) is 39.8 Å². The van der Waals surface area contributed by atoms with Gasteiger partial charge < -0.3 is 10.6 Å². The van der Waals surface area contributed by atoms with E-state index in [0.29, 0.717) is 5.69 Å². The van der Waals surface area contributed by atoms with Crippen molar-refractivity contribution in [3.8, 4) is 16.3 Å². The van der Waals surface area contributed by atoms with E-state index in [1.807, 2.05) is 36.5 Å². The van der Waals surface area contributed by atoms with Crippen molar-refractivity contribution in [2.75, 3.05) is 13.1 Å². The van der Waals surface area contributed by atoms with Crippen molar-refractivity contribution in [2.45, 2.75) is 12.5 Å². The predicted molar refractivity (Wildman–Crippen MR) is 93.4 cm³/mol. The van der Waals surface area contributed by atoms with Crippen LogP contribution in [0.4, 0.5) is 0 Å². The molecule has 3 aromatic rings. The lowest BCUT2D eigenvalue weighted by molar-refractivity contribution is 0.0936. The van der Waals surface area contributed by atoms with Crippen molar-refractivity contribution in [1.82, 2.24) is 25.4 Å². The van der Waals surface area contributed by atoms with Gasteiger partial charge in [-0.2, -0.15) is 5.10 Å². The lowest BCUT2D eigenvalue weighted by Crippen LogP contribution is -2.36. The second-order valence-electron chi connectivity index (χ2n) is 5.71. The zero-order valence-electron chi connectivity index (χ0n) is 13.0. The molecule has 4 rings (SSSR count). The molecule has 0 radical (unpaired) electrons. The molecule has 1 fully saturated rings. The molecule has 6 nitrogen and oxygen atoms in total. The number of thiazole rings is 1. The summed E-state index contributed by atoms with van der Waals surface area (Å²) in [5.74, 6) is -0.110. The van der Waals surface area contributed by atoms with Gasteiger partial charge in [0, 0.05) is 29.7 Å². The number of carbonyl (C=O) groups excluding carboxylic acids is 1. The number of hydrogen-bond donors (Lipinski definition) is 2. The third-order valence-corrected chi connectivity index (χ3v) is 4.87. The van der Waals surface area contributed by atoms with Gasteiger partial charge >= 0.3 is 0 Å². The van der Waals surface area contributed by atoms with E-state index in [2.05, 4.69) is 20.7 Å². The van der Waals surface area contributed by atoms with E-state index >= 15 is 0 Å². The van der Waals surface area contributed by atoms with Crippen LogP contribution in [0.1, 0.15) is 16.9 Å². The molecule has 24 heavy (non-hydrogen) atoms. The summed E-state index contributed by atoms with van der Waals surface area (Å²) in [6, 6.07) is 10.1.